The Hall–Kier alpha value is -2.22. The maximum absolute atomic E-state index is 12.7. The number of rotatable bonds is 6. The van der Waals surface area contributed by atoms with Crippen LogP contribution in [0.15, 0.2) is 59.5 Å². The van der Waals surface area contributed by atoms with Crippen molar-refractivity contribution in [3.05, 3.63) is 65.7 Å². The van der Waals surface area contributed by atoms with E-state index in [4.69, 9.17) is 9.84 Å². The molecule has 2 atom stereocenters. The molecule has 0 radical (unpaired) electrons. The van der Waals surface area contributed by atoms with Gasteiger partial charge in [0.1, 0.15) is 6.10 Å². The third-order valence-electron chi connectivity index (χ3n) is 3.39. The Balaban J connectivity index is 2.34. The van der Waals surface area contributed by atoms with Crippen LogP contribution < -0.4 is 0 Å². The lowest BCUT2D eigenvalue weighted by atomic mass is 10.2. The molecule has 7 heteroatoms. The molecule has 128 valence electrons. The monoisotopic (exact) mass is 350 g/mol. The van der Waals surface area contributed by atoms with Crippen LogP contribution in [0.3, 0.4) is 0 Å². The standard InChI is InChI=1S/C17H18O6S/c1-12-7-9-14(10-8-12)24(21,22)17(15(19)11-18)23-16(20)13-5-3-2-4-6-13/h2-10,15,17-19H,11H2,1H3. The highest BCUT2D eigenvalue weighted by Gasteiger charge is 2.37. The van der Waals surface area contributed by atoms with Crippen molar-refractivity contribution >= 4 is 15.8 Å². The molecule has 0 aliphatic rings. The predicted molar refractivity (Wildman–Crippen MR) is 87.1 cm³/mol. The molecule has 0 aliphatic heterocycles. The lowest BCUT2D eigenvalue weighted by molar-refractivity contribution is -0.00681. The van der Waals surface area contributed by atoms with Crippen LogP contribution in [0.25, 0.3) is 0 Å². The number of hydrogen-bond donors (Lipinski definition) is 2. The predicted octanol–water partition coefficient (Wildman–Crippen LogP) is 1.31. The van der Waals surface area contributed by atoms with Crippen LogP contribution in [0.5, 0.6) is 0 Å². The molecule has 0 fully saturated rings. The average Bonchev–Trinajstić information content (AvgIpc) is 2.59. The Bertz CT molecular complexity index is 784. The van der Waals surface area contributed by atoms with Gasteiger partial charge >= 0.3 is 5.97 Å². The van der Waals surface area contributed by atoms with E-state index < -0.39 is 34.0 Å². The molecule has 0 heterocycles. The van der Waals surface area contributed by atoms with Crippen molar-refractivity contribution in [3.8, 4) is 0 Å². The van der Waals surface area contributed by atoms with Crippen LogP contribution in [0.1, 0.15) is 15.9 Å². The number of carbonyl (C=O) groups excluding carboxylic acids is 1. The van der Waals surface area contributed by atoms with Crippen molar-refractivity contribution in [1.82, 2.24) is 0 Å². The lowest BCUT2D eigenvalue weighted by Gasteiger charge is -2.22. The molecule has 0 amide bonds. The second-order valence-electron chi connectivity index (χ2n) is 5.25. The van der Waals surface area contributed by atoms with Crippen LogP contribution in [0.2, 0.25) is 0 Å². The maximum atomic E-state index is 12.7. The van der Waals surface area contributed by atoms with Crippen LogP contribution in [-0.2, 0) is 14.6 Å². The van der Waals surface area contributed by atoms with Gasteiger partial charge in [0.05, 0.1) is 17.1 Å². The summed E-state index contributed by atoms with van der Waals surface area (Å²) in [6, 6.07) is 13.7. The zero-order valence-electron chi connectivity index (χ0n) is 13.0. The molecule has 0 spiro atoms. The number of carbonyl (C=O) groups is 1. The Labute approximate surface area is 140 Å². The van der Waals surface area contributed by atoms with Gasteiger partial charge in [0.2, 0.25) is 15.3 Å². The van der Waals surface area contributed by atoms with Gasteiger partial charge in [-0.05, 0) is 31.2 Å². The van der Waals surface area contributed by atoms with Crippen LogP contribution in [0, 0.1) is 6.92 Å². The highest BCUT2D eigenvalue weighted by Crippen LogP contribution is 2.21. The van der Waals surface area contributed by atoms with E-state index in [2.05, 4.69) is 0 Å². The molecule has 0 bridgehead atoms. The summed E-state index contributed by atoms with van der Waals surface area (Å²) in [6.45, 7) is 0.934. The molecule has 2 rings (SSSR count). The molecule has 0 aliphatic carbocycles. The summed E-state index contributed by atoms with van der Waals surface area (Å²) < 4.78 is 30.3. The summed E-state index contributed by atoms with van der Waals surface area (Å²) in [5.41, 5.74) is -0.904. The Morgan fingerprint density at radius 1 is 1.08 bits per heavy atom. The molecule has 2 N–H and O–H groups in total. The first kappa shape index (κ1) is 18.1. The zero-order chi connectivity index (χ0) is 17.7. The fraction of sp³-hybridized carbons (Fsp3) is 0.235. The molecule has 6 nitrogen and oxygen atoms in total. The fourth-order valence-corrected chi connectivity index (χ4v) is 3.54. The van der Waals surface area contributed by atoms with E-state index in [1.54, 1.807) is 37.3 Å². The number of ether oxygens (including phenoxy) is 1. The van der Waals surface area contributed by atoms with E-state index in [0.29, 0.717) is 0 Å². The topological polar surface area (TPSA) is 101 Å². The summed E-state index contributed by atoms with van der Waals surface area (Å²) in [6.07, 6.45) is -1.76. The van der Waals surface area contributed by atoms with Gasteiger partial charge in [-0.2, -0.15) is 0 Å². The summed E-state index contributed by atoms with van der Waals surface area (Å²) in [4.78, 5) is 12.0. The first-order valence-corrected chi connectivity index (χ1v) is 8.76. The normalized spacial score (nSPS) is 14.0. The second-order valence-corrected chi connectivity index (χ2v) is 7.27. The number of hydrogen-bond acceptors (Lipinski definition) is 6. The highest BCUT2D eigenvalue weighted by molar-refractivity contribution is 7.92. The first-order chi connectivity index (χ1) is 11.4. The van der Waals surface area contributed by atoms with Crippen LogP contribution in [0.4, 0.5) is 0 Å². The van der Waals surface area contributed by atoms with E-state index >= 15 is 0 Å². The average molecular weight is 350 g/mol. The molecule has 24 heavy (non-hydrogen) atoms. The maximum Gasteiger partial charge on any atom is 0.339 e. The summed E-state index contributed by atoms with van der Waals surface area (Å²) >= 11 is 0. The molecular weight excluding hydrogens is 332 g/mol. The van der Waals surface area contributed by atoms with Crippen molar-refractivity contribution in [2.75, 3.05) is 6.61 Å². The van der Waals surface area contributed by atoms with Gasteiger partial charge in [-0.15, -0.1) is 0 Å². The fourth-order valence-electron chi connectivity index (χ4n) is 2.04. The number of sulfone groups is 1. The smallest absolute Gasteiger partial charge is 0.339 e. The van der Waals surface area contributed by atoms with Crippen molar-refractivity contribution in [1.29, 1.82) is 0 Å². The molecule has 2 aromatic carbocycles. The number of esters is 1. The van der Waals surface area contributed by atoms with Crippen LogP contribution >= 0.6 is 0 Å². The SMILES string of the molecule is Cc1ccc(S(=O)(=O)C(OC(=O)c2ccccc2)C(O)CO)cc1. The minimum atomic E-state index is -4.19. The minimum Gasteiger partial charge on any atom is -0.439 e. The van der Waals surface area contributed by atoms with E-state index in [9.17, 15) is 18.3 Å². The quantitative estimate of drug-likeness (QED) is 0.762. The molecule has 0 aromatic heterocycles. The minimum absolute atomic E-state index is 0.105. The third kappa shape index (κ3) is 4.00. The van der Waals surface area contributed by atoms with Gasteiger partial charge in [0.25, 0.3) is 0 Å². The zero-order valence-corrected chi connectivity index (χ0v) is 13.8. The summed E-state index contributed by atoms with van der Waals surface area (Å²) in [5.74, 6) is -0.899. The van der Waals surface area contributed by atoms with Crippen molar-refractivity contribution in [2.24, 2.45) is 0 Å². The van der Waals surface area contributed by atoms with Crippen LogP contribution in [-0.4, -0.2) is 42.7 Å². The summed E-state index contributed by atoms with van der Waals surface area (Å²) in [5, 5.41) is 19.0. The van der Waals surface area contributed by atoms with Gasteiger partial charge in [-0.25, -0.2) is 13.2 Å². The van der Waals surface area contributed by atoms with Crippen molar-refractivity contribution in [3.63, 3.8) is 0 Å². The Morgan fingerprint density at radius 2 is 1.67 bits per heavy atom. The van der Waals surface area contributed by atoms with Crippen molar-refractivity contribution < 1.29 is 28.2 Å². The molecule has 2 unspecified atom stereocenters. The number of aryl methyl sites for hydroxylation is 1. The van der Waals surface area contributed by atoms with Gasteiger partial charge in [-0.1, -0.05) is 35.9 Å². The van der Waals surface area contributed by atoms with Crippen molar-refractivity contribution in [2.45, 2.75) is 23.4 Å². The molecule has 0 saturated heterocycles. The van der Waals surface area contributed by atoms with Gasteiger partial charge in [0.15, 0.2) is 0 Å². The summed E-state index contributed by atoms with van der Waals surface area (Å²) in [7, 11) is -4.19. The molecule has 2 aromatic rings. The molecule has 0 saturated carbocycles. The third-order valence-corrected chi connectivity index (χ3v) is 5.34. The van der Waals surface area contributed by atoms with Gasteiger partial charge in [0, 0.05) is 0 Å². The lowest BCUT2D eigenvalue weighted by Crippen LogP contribution is -2.40. The molecular formula is C17H18O6S. The number of benzene rings is 2. The Morgan fingerprint density at radius 3 is 2.21 bits per heavy atom. The van der Waals surface area contributed by atoms with E-state index in [1.165, 1.54) is 24.3 Å². The largest absolute Gasteiger partial charge is 0.439 e. The number of aliphatic hydroxyl groups is 2. The number of aliphatic hydroxyl groups excluding tert-OH is 2. The van der Waals surface area contributed by atoms with E-state index in [-0.39, 0.29) is 10.5 Å². The highest BCUT2D eigenvalue weighted by atomic mass is 32.2. The van der Waals surface area contributed by atoms with Gasteiger partial charge < -0.3 is 14.9 Å². The van der Waals surface area contributed by atoms with Gasteiger partial charge in [-0.3, -0.25) is 0 Å². The first-order valence-electron chi connectivity index (χ1n) is 7.22. The van der Waals surface area contributed by atoms with E-state index in [0.717, 1.165) is 5.56 Å². The second kappa shape index (κ2) is 7.57. The Kier molecular flexibility index (Phi) is 5.71. The van der Waals surface area contributed by atoms with E-state index in [1.807, 2.05) is 0 Å².